The van der Waals surface area contributed by atoms with Crippen LogP contribution in [-0.4, -0.2) is 113 Å². The summed E-state index contributed by atoms with van der Waals surface area (Å²) < 4.78 is 0.572. The number of likely N-dealkylation sites (tertiary alicyclic amines) is 2. The highest BCUT2D eigenvalue weighted by atomic mass is 79.9. The number of rotatable bonds is 7. The van der Waals surface area contributed by atoms with Crippen LogP contribution in [0, 0.1) is 11.3 Å². The molecule has 1 aromatic carbocycles. The molecule has 224 valence electrons. The minimum Gasteiger partial charge on any atom is -0.343 e. The Labute approximate surface area is 256 Å². The third-order valence-electron chi connectivity index (χ3n) is 8.78. The molecule has 3 aliphatic rings. The van der Waals surface area contributed by atoms with E-state index in [2.05, 4.69) is 53.1 Å². The van der Waals surface area contributed by atoms with Crippen molar-refractivity contribution in [1.29, 1.82) is 5.26 Å². The van der Waals surface area contributed by atoms with Crippen molar-refractivity contribution >= 4 is 33.6 Å². The van der Waals surface area contributed by atoms with Crippen LogP contribution >= 0.6 is 15.9 Å². The molecule has 5 rings (SSSR count). The lowest BCUT2D eigenvalue weighted by Crippen LogP contribution is -2.54. The van der Waals surface area contributed by atoms with Crippen LogP contribution in [0.4, 0.5) is 5.82 Å². The number of nitrogens with zero attached hydrogens (tertiary/aromatic N) is 8. The van der Waals surface area contributed by atoms with Gasteiger partial charge in [0.05, 0.1) is 10.5 Å². The van der Waals surface area contributed by atoms with Gasteiger partial charge in [-0.25, -0.2) is 4.98 Å². The van der Waals surface area contributed by atoms with Crippen LogP contribution in [0.2, 0.25) is 0 Å². The zero-order valence-electron chi connectivity index (χ0n) is 24.5. The molecule has 42 heavy (non-hydrogen) atoms. The number of aromatic nitrogens is 2. The summed E-state index contributed by atoms with van der Waals surface area (Å²) in [5.41, 5.74) is 4.77. The SMILES string of the molecule is CC(=O)N1CCC(N(NC(=O)c2ccc(CN3CCC(N4CCN(C)CC4)CC3)cc2)c2nc(C#N)ncc2Br)CC1. The second-order valence-corrected chi connectivity index (χ2v) is 12.4. The molecule has 2 amide bonds. The van der Waals surface area contributed by atoms with Crippen LogP contribution < -0.4 is 10.4 Å². The molecule has 3 saturated heterocycles. The third kappa shape index (κ3) is 7.45. The maximum atomic E-state index is 13.5. The average molecular weight is 639 g/mol. The predicted octanol–water partition coefficient (Wildman–Crippen LogP) is 2.48. The maximum Gasteiger partial charge on any atom is 0.269 e. The Morgan fingerprint density at radius 3 is 2.31 bits per heavy atom. The van der Waals surface area contributed by atoms with E-state index in [0.29, 0.717) is 47.8 Å². The van der Waals surface area contributed by atoms with Gasteiger partial charge in [-0.05, 0) is 79.4 Å². The Morgan fingerprint density at radius 2 is 1.69 bits per heavy atom. The van der Waals surface area contributed by atoms with Crippen LogP contribution in [-0.2, 0) is 11.3 Å². The number of piperidine rings is 2. The lowest BCUT2D eigenvalue weighted by atomic mass is 10.0. The van der Waals surface area contributed by atoms with Gasteiger partial charge in [-0.15, -0.1) is 0 Å². The maximum absolute atomic E-state index is 13.5. The third-order valence-corrected chi connectivity index (χ3v) is 9.34. The molecule has 0 bridgehead atoms. The Balaban J connectivity index is 1.20. The van der Waals surface area contributed by atoms with Gasteiger partial charge in [-0.2, -0.15) is 10.2 Å². The van der Waals surface area contributed by atoms with Gasteiger partial charge in [-0.1, -0.05) is 12.1 Å². The molecule has 1 N–H and O–H groups in total. The lowest BCUT2D eigenvalue weighted by Gasteiger charge is -2.42. The Kier molecular flexibility index (Phi) is 10.1. The highest BCUT2D eigenvalue weighted by Crippen LogP contribution is 2.28. The quantitative estimate of drug-likeness (QED) is 0.458. The van der Waals surface area contributed by atoms with Crippen molar-refractivity contribution in [1.82, 2.24) is 35.0 Å². The number of piperazine rings is 1. The van der Waals surface area contributed by atoms with Crippen LogP contribution in [0.25, 0.3) is 0 Å². The average Bonchev–Trinajstić information content (AvgIpc) is 3.01. The van der Waals surface area contributed by atoms with Gasteiger partial charge in [0.2, 0.25) is 11.7 Å². The number of hydrazine groups is 1. The molecule has 2 aromatic rings. The first-order chi connectivity index (χ1) is 20.3. The van der Waals surface area contributed by atoms with Crippen molar-refractivity contribution in [2.45, 2.75) is 51.2 Å². The number of halogens is 1. The zero-order valence-corrected chi connectivity index (χ0v) is 26.1. The van der Waals surface area contributed by atoms with Crippen molar-refractivity contribution < 1.29 is 9.59 Å². The molecule has 0 aliphatic carbocycles. The molecule has 11 nitrogen and oxygen atoms in total. The number of hydrogen-bond acceptors (Lipinski definition) is 9. The minimum absolute atomic E-state index is 0.0190. The van der Waals surface area contributed by atoms with E-state index in [1.54, 1.807) is 16.8 Å². The zero-order chi connectivity index (χ0) is 29.6. The summed E-state index contributed by atoms with van der Waals surface area (Å²) in [6, 6.07) is 10.4. The van der Waals surface area contributed by atoms with E-state index in [1.165, 1.54) is 37.7 Å². The highest BCUT2D eigenvalue weighted by molar-refractivity contribution is 9.10. The summed E-state index contributed by atoms with van der Waals surface area (Å²) in [6.07, 6.45) is 5.24. The second kappa shape index (κ2) is 13.9. The van der Waals surface area contributed by atoms with Gasteiger partial charge >= 0.3 is 0 Å². The molecule has 0 spiro atoms. The van der Waals surface area contributed by atoms with Crippen molar-refractivity contribution in [3.63, 3.8) is 0 Å². The monoisotopic (exact) mass is 637 g/mol. The van der Waals surface area contributed by atoms with E-state index in [9.17, 15) is 14.9 Å². The number of nitrogens with one attached hydrogen (secondary N) is 1. The molecule has 3 fully saturated rings. The predicted molar refractivity (Wildman–Crippen MR) is 163 cm³/mol. The molecular formula is C30H40BrN9O2. The first kappa shape index (κ1) is 30.4. The fraction of sp³-hybridized carbons (Fsp3) is 0.567. The molecule has 0 atom stereocenters. The number of anilines is 1. The van der Waals surface area contributed by atoms with Crippen LogP contribution in [0.3, 0.4) is 0 Å². The van der Waals surface area contributed by atoms with E-state index in [0.717, 1.165) is 32.7 Å². The largest absolute Gasteiger partial charge is 0.343 e. The first-order valence-electron chi connectivity index (χ1n) is 14.8. The minimum atomic E-state index is -0.257. The molecule has 1 aromatic heterocycles. The number of carbonyl (C=O) groups excluding carboxylic acids is 2. The van der Waals surface area contributed by atoms with Gasteiger partial charge in [0.15, 0.2) is 5.82 Å². The lowest BCUT2D eigenvalue weighted by molar-refractivity contribution is -0.129. The van der Waals surface area contributed by atoms with Crippen molar-refractivity contribution in [3.05, 3.63) is 51.9 Å². The van der Waals surface area contributed by atoms with E-state index < -0.39 is 0 Å². The van der Waals surface area contributed by atoms with Crippen molar-refractivity contribution in [3.8, 4) is 6.07 Å². The summed E-state index contributed by atoms with van der Waals surface area (Å²) >= 11 is 3.49. The molecule has 4 heterocycles. The summed E-state index contributed by atoms with van der Waals surface area (Å²) in [5.74, 6) is 0.226. The summed E-state index contributed by atoms with van der Waals surface area (Å²) in [7, 11) is 2.20. The fourth-order valence-electron chi connectivity index (χ4n) is 6.16. The molecule has 0 radical (unpaired) electrons. The summed E-state index contributed by atoms with van der Waals surface area (Å²) in [4.78, 5) is 43.1. The summed E-state index contributed by atoms with van der Waals surface area (Å²) in [6.45, 7) is 10.5. The Morgan fingerprint density at radius 1 is 1.02 bits per heavy atom. The van der Waals surface area contributed by atoms with E-state index in [1.807, 2.05) is 30.3 Å². The second-order valence-electron chi connectivity index (χ2n) is 11.6. The molecule has 0 unspecified atom stereocenters. The molecular weight excluding hydrogens is 598 g/mol. The van der Waals surface area contributed by atoms with E-state index in [4.69, 9.17) is 0 Å². The fourth-order valence-corrected chi connectivity index (χ4v) is 6.54. The number of nitriles is 1. The van der Waals surface area contributed by atoms with Crippen LogP contribution in [0.15, 0.2) is 34.9 Å². The smallest absolute Gasteiger partial charge is 0.269 e. The molecule has 0 saturated carbocycles. The number of amides is 2. The van der Waals surface area contributed by atoms with Gasteiger partial charge in [-0.3, -0.25) is 29.8 Å². The topological polar surface area (TPSA) is 112 Å². The molecule has 12 heteroatoms. The Hall–Kier alpha value is -3.11. The normalized spacial score (nSPS) is 19.8. The van der Waals surface area contributed by atoms with Gasteiger partial charge in [0.1, 0.15) is 6.07 Å². The standard InChI is InChI=1S/C30H40BrN9O2/c1-22(41)38-13-9-26(10-14-38)40(29-27(31)20-33-28(19-32)34-29)35-30(42)24-5-3-23(4-6-24)21-37-11-7-25(8-12-37)39-17-15-36(2)16-18-39/h3-6,20,25-26H,7-18,21H2,1-2H3,(H,35,42). The van der Waals surface area contributed by atoms with Gasteiger partial charge in [0.25, 0.3) is 5.91 Å². The van der Waals surface area contributed by atoms with Crippen LogP contribution in [0.5, 0.6) is 0 Å². The van der Waals surface area contributed by atoms with Gasteiger partial charge in [0, 0.05) is 70.5 Å². The Bertz CT molecular complexity index is 1280. The number of carbonyl (C=O) groups is 2. The highest BCUT2D eigenvalue weighted by Gasteiger charge is 2.30. The van der Waals surface area contributed by atoms with E-state index in [-0.39, 0.29) is 23.7 Å². The van der Waals surface area contributed by atoms with Crippen molar-refractivity contribution in [2.75, 3.05) is 64.4 Å². The molecule has 3 aliphatic heterocycles. The van der Waals surface area contributed by atoms with E-state index >= 15 is 0 Å². The van der Waals surface area contributed by atoms with Gasteiger partial charge < -0.3 is 9.80 Å². The van der Waals surface area contributed by atoms with Crippen molar-refractivity contribution in [2.24, 2.45) is 0 Å². The number of likely N-dealkylation sites (N-methyl/N-ethyl adjacent to an activating group) is 1. The first-order valence-corrected chi connectivity index (χ1v) is 15.6. The van der Waals surface area contributed by atoms with Crippen LogP contribution in [0.1, 0.15) is 54.4 Å². The number of benzene rings is 1. The number of hydrogen-bond donors (Lipinski definition) is 1. The summed E-state index contributed by atoms with van der Waals surface area (Å²) in [5, 5.41) is 11.1.